The fraction of sp³-hybridized carbons (Fsp3) is 0.667. The smallest absolute Gasteiger partial charge is 0.417 e. The number of hydrogen-bond donors (Lipinski definition) is 0. The minimum absolute atomic E-state index is 0.0280. The van der Waals surface area contributed by atoms with Gasteiger partial charge in [0, 0.05) is 38.0 Å². The lowest BCUT2D eigenvalue weighted by atomic mass is 10.3. The average molecular weight is 331 g/mol. The second-order valence-corrected chi connectivity index (χ2v) is 4.39. The van der Waals surface area contributed by atoms with Crippen molar-refractivity contribution in [2.24, 2.45) is 0 Å². The van der Waals surface area contributed by atoms with Crippen LogP contribution in [0.15, 0.2) is 11.6 Å². The SMILES string of the molecule is CCOCCN(CCOCC)C(=O)OC(=O)/C(C)=C/C(=O)OC. The number of carbonyl (C=O) groups is 3. The summed E-state index contributed by atoms with van der Waals surface area (Å²) in [6.45, 7) is 7.27. The molecular weight excluding hydrogens is 306 g/mol. The van der Waals surface area contributed by atoms with Crippen LogP contribution >= 0.6 is 0 Å². The Morgan fingerprint density at radius 1 is 1.00 bits per heavy atom. The third-order valence-electron chi connectivity index (χ3n) is 2.72. The average Bonchev–Trinajstić information content (AvgIpc) is 2.53. The van der Waals surface area contributed by atoms with Gasteiger partial charge in [0.15, 0.2) is 0 Å². The second-order valence-electron chi connectivity index (χ2n) is 4.39. The molecule has 8 heteroatoms. The van der Waals surface area contributed by atoms with Gasteiger partial charge in [-0.2, -0.15) is 0 Å². The lowest BCUT2D eigenvalue weighted by Gasteiger charge is -2.21. The monoisotopic (exact) mass is 331 g/mol. The zero-order valence-corrected chi connectivity index (χ0v) is 14.1. The van der Waals surface area contributed by atoms with Crippen LogP contribution in [0.2, 0.25) is 0 Å². The Kier molecular flexibility index (Phi) is 11.5. The number of nitrogens with zero attached hydrogens (tertiary/aromatic N) is 1. The van der Waals surface area contributed by atoms with Crippen molar-refractivity contribution in [3.63, 3.8) is 0 Å². The summed E-state index contributed by atoms with van der Waals surface area (Å²) in [6.07, 6.45) is 0.146. The van der Waals surface area contributed by atoms with E-state index in [9.17, 15) is 14.4 Å². The van der Waals surface area contributed by atoms with E-state index in [0.29, 0.717) is 26.4 Å². The quantitative estimate of drug-likeness (QED) is 0.256. The van der Waals surface area contributed by atoms with Crippen LogP contribution in [0.1, 0.15) is 20.8 Å². The summed E-state index contributed by atoms with van der Waals surface area (Å²) >= 11 is 0. The first-order valence-electron chi connectivity index (χ1n) is 7.39. The van der Waals surface area contributed by atoms with Gasteiger partial charge in [-0.1, -0.05) is 0 Å². The Hall–Kier alpha value is -1.93. The van der Waals surface area contributed by atoms with Crippen LogP contribution in [0.25, 0.3) is 0 Å². The van der Waals surface area contributed by atoms with Gasteiger partial charge in [0.1, 0.15) is 0 Å². The zero-order valence-electron chi connectivity index (χ0n) is 14.1. The fourth-order valence-electron chi connectivity index (χ4n) is 1.45. The number of rotatable bonds is 10. The molecule has 8 nitrogen and oxygen atoms in total. The molecule has 23 heavy (non-hydrogen) atoms. The summed E-state index contributed by atoms with van der Waals surface area (Å²) in [5.74, 6) is -1.60. The highest BCUT2D eigenvalue weighted by molar-refractivity contribution is 5.99. The molecule has 0 radical (unpaired) electrons. The van der Waals surface area contributed by atoms with Crippen LogP contribution in [-0.4, -0.2) is 69.6 Å². The predicted octanol–water partition coefficient (Wildman–Crippen LogP) is 1.14. The summed E-state index contributed by atoms with van der Waals surface area (Å²) < 4.78 is 19.5. The van der Waals surface area contributed by atoms with Gasteiger partial charge < -0.3 is 23.8 Å². The van der Waals surface area contributed by atoms with E-state index in [0.717, 1.165) is 6.08 Å². The maximum absolute atomic E-state index is 12.0. The molecule has 0 aromatic rings. The summed E-state index contributed by atoms with van der Waals surface area (Å²) in [6, 6.07) is 0. The van der Waals surface area contributed by atoms with E-state index in [2.05, 4.69) is 4.74 Å². The summed E-state index contributed by atoms with van der Waals surface area (Å²) in [4.78, 5) is 36.2. The molecule has 0 aliphatic rings. The van der Waals surface area contributed by atoms with E-state index in [4.69, 9.17) is 14.2 Å². The largest absolute Gasteiger partial charge is 0.466 e. The van der Waals surface area contributed by atoms with Crippen LogP contribution in [0.3, 0.4) is 0 Å². The first kappa shape index (κ1) is 21.1. The fourth-order valence-corrected chi connectivity index (χ4v) is 1.45. The van der Waals surface area contributed by atoms with Crippen LogP contribution in [0.5, 0.6) is 0 Å². The van der Waals surface area contributed by atoms with Gasteiger partial charge in [-0.05, 0) is 20.8 Å². The van der Waals surface area contributed by atoms with E-state index >= 15 is 0 Å². The highest BCUT2D eigenvalue weighted by Gasteiger charge is 2.20. The number of amides is 1. The third-order valence-corrected chi connectivity index (χ3v) is 2.72. The Morgan fingerprint density at radius 3 is 1.96 bits per heavy atom. The maximum atomic E-state index is 12.0. The van der Waals surface area contributed by atoms with Gasteiger partial charge in [-0.3, -0.25) is 0 Å². The van der Waals surface area contributed by atoms with Crippen molar-refractivity contribution in [3.8, 4) is 0 Å². The molecule has 0 N–H and O–H groups in total. The first-order valence-corrected chi connectivity index (χ1v) is 7.39. The van der Waals surface area contributed by atoms with Crippen molar-refractivity contribution in [1.29, 1.82) is 0 Å². The molecule has 0 spiro atoms. The Balaban J connectivity index is 4.63. The number of ether oxygens (including phenoxy) is 4. The first-order chi connectivity index (χ1) is 11.0. The minimum Gasteiger partial charge on any atom is -0.466 e. The van der Waals surface area contributed by atoms with Gasteiger partial charge >= 0.3 is 18.0 Å². The number of esters is 2. The van der Waals surface area contributed by atoms with Crippen molar-refractivity contribution in [2.45, 2.75) is 20.8 Å². The van der Waals surface area contributed by atoms with Gasteiger partial charge in [-0.25, -0.2) is 14.4 Å². The molecule has 0 atom stereocenters. The molecular formula is C15H25NO7. The van der Waals surface area contributed by atoms with Crippen LogP contribution in [0, 0.1) is 0 Å². The third kappa shape index (κ3) is 9.64. The summed E-state index contributed by atoms with van der Waals surface area (Å²) in [7, 11) is 1.19. The summed E-state index contributed by atoms with van der Waals surface area (Å²) in [5, 5.41) is 0. The van der Waals surface area contributed by atoms with Crippen molar-refractivity contribution in [1.82, 2.24) is 4.90 Å². The molecule has 0 aromatic heterocycles. The summed E-state index contributed by atoms with van der Waals surface area (Å²) in [5.41, 5.74) is -0.0280. The van der Waals surface area contributed by atoms with Gasteiger partial charge in [0.2, 0.25) is 0 Å². The Bertz CT molecular complexity index is 410. The molecule has 0 fully saturated rings. The van der Waals surface area contributed by atoms with E-state index in [-0.39, 0.29) is 18.7 Å². The van der Waals surface area contributed by atoms with E-state index < -0.39 is 18.0 Å². The highest BCUT2D eigenvalue weighted by Crippen LogP contribution is 2.02. The molecule has 0 unspecified atom stereocenters. The van der Waals surface area contributed by atoms with Gasteiger partial charge in [-0.15, -0.1) is 0 Å². The maximum Gasteiger partial charge on any atom is 0.417 e. The minimum atomic E-state index is -0.904. The van der Waals surface area contributed by atoms with Crippen LogP contribution in [0.4, 0.5) is 4.79 Å². The predicted molar refractivity (Wildman–Crippen MR) is 81.8 cm³/mol. The van der Waals surface area contributed by atoms with Crippen molar-refractivity contribution in [3.05, 3.63) is 11.6 Å². The standard InChI is InChI=1S/C15H25NO7/c1-5-21-9-7-16(8-10-22-6-2)15(19)23-14(18)12(3)11-13(17)20-4/h11H,5-10H2,1-4H3/b12-11+. The van der Waals surface area contributed by atoms with Crippen LogP contribution < -0.4 is 0 Å². The van der Waals surface area contributed by atoms with E-state index in [1.54, 1.807) is 0 Å². The molecule has 0 saturated heterocycles. The Morgan fingerprint density at radius 2 is 1.52 bits per heavy atom. The Labute approximate surface area is 136 Å². The van der Waals surface area contributed by atoms with Gasteiger partial charge in [0.25, 0.3) is 0 Å². The molecule has 0 heterocycles. The van der Waals surface area contributed by atoms with Gasteiger partial charge in [0.05, 0.1) is 20.3 Å². The normalized spacial score (nSPS) is 11.0. The lowest BCUT2D eigenvalue weighted by molar-refractivity contribution is -0.137. The molecule has 0 rings (SSSR count). The lowest BCUT2D eigenvalue weighted by Crippen LogP contribution is -2.38. The van der Waals surface area contributed by atoms with Crippen LogP contribution in [-0.2, 0) is 28.5 Å². The highest BCUT2D eigenvalue weighted by atomic mass is 16.6. The topological polar surface area (TPSA) is 91.4 Å². The molecule has 0 saturated carbocycles. The molecule has 0 aliphatic heterocycles. The number of methoxy groups -OCH3 is 1. The zero-order chi connectivity index (χ0) is 17.7. The molecule has 0 aromatic carbocycles. The van der Waals surface area contributed by atoms with Crippen molar-refractivity contribution < 1.29 is 33.3 Å². The van der Waals surface area contributed by atoms with Crippen molar-refractivity contribution >= 4 is 18.0 Å². The number of hydrogen-bond acceptors (Lipinski definition) is 7. The van der Waals surface area contributed by atoms with E-state index in [1.165, 1.54) is 18.9 Å². The van der Waals surface area contributed by atoms with E-state index in [1.807, 2.05) is 13.8 Å². The molecule has 132 valence electrons. The molecule has 1 amide bonds. The molecule has 0 aliphatic carbocycles. The second kappa shape index (κ2) is 12.6. The molecule has 0 bridgehead atoms. The van der Waals surface area contributed by atoms with Crippen molar-refractivity contribution in [2.75, 3.05) is 46.6 Å². The number of carbonyl (C=O) groups excluding carboxylic acids is 3.